The molecule has 26 heavy (non-hydrogen) atoms. The van der Waals surface area contributed by atoms with Crippen molar-refractivity contribution in [1.29, 1.82) is 0 Å². The highest BCUT2D eigenvalue weighted by Crippen LogP contribution is 2.24. The molecule has 1 aromatic rings. The van der Waals surface area contributed by atoms with Crippen molar-refractivity contribution < 1.29 is 18.0 Å². The van der Waals surface area contributed by atoms with Gasteiger partial charge < -0.3 is 10.2 Å². The summed E-state index contributed by atoms with van der Waals surface area (Å²) in [5.41, 5.74) is 0.533. The van der Waals surface area contributed by atoms with Crippen molar-refractivity contribution in [3.63, 3.8) is 0 Å². The molecule has 0 saturated carbocycles. The molecule has 2 aliphatic heterocycles. The zero-order chi connectivity index (χ0) is 18.9. The minimum atomic E-state index is -3.45. The van der Waals surface area contributed by atoms with Crippen molar-refractivity contribution in [3.8, 4) is 0 Å². The number of likely N-dealkylation sites (tertiary alicyclic amines) is 1. The van der Waals surface area contributed by atoms with E-state index in [0.717, 1.165) is 12.8 Å². The average molecular weight is 379 g/mol. The summed E-state index contributed by atoms with van der Waals surface area (Å²) in [4.78, 5) is 26.3. The Morgan fingerprint density at radius 2 is 1.77 bits per heavy atom. The fourth-order valence-corrected chi connectivity index (χ4v) is 4.96. The lowest BCUT2D eigenvalue weighted by atomic mass is 10.1. The van der Waals surface area contributed by atoms with Crippen LogP contribution < -0.4 is 5.32 Å². The van der Waals surface area contributed by atoms with Gasteiger partial charge in [0.25, 0.3) is 0 Å². The largest absolute Gasteiger partial charge is 0.339 e. The number of sulfonamides is 1. The number of carbonyl (C=O) groups excluding carboxylic acids is 2. The maximum Gasteiger partial charge on any atom is 0.243 e. The second kappa shape index (κ2) is 7.36. The second-order valence-corrected chi connectivity index (χ2v) is 9.10. The van der Waals surface area contributed by atoms with Crippen LogP contribution in [0.25, 0.3) is 0 Å². The van der Waals surface area contributed by atoms with Gasteiger partial charge in [-0.05, 0) is 51.0 Å². The molecule has 0 spiro atoms. The van der Waals surface area contributed by atoms with Crippen LogP contribution in [0.4, 0.5) is 5.69 Å². The fraction of sp³-hybridized carbons (Fsp3) is 0.556. The topological polar surface area (TPSA) is 86.8 Å². The molecule has 7 nitrogen and oxygen atoms in total. The minimum Gasteiger partial charge on any atom is -0.339 e. The number of hydrogen-bond donors (Lipinski definition) is 1. The van der Waals surface area contributed by atoms with E-state index in [1.807, 2.05) is 13.8 Å². The van der Waals surface area contributed by atoms with Gasteiger partial charge in [-0.15, -0.1) is 0 Å². The SMILES string of the molecule is CC(C)N1C[C@@H](C(=O)Nc2ccc(S(=O)(=O)N3CCCC3)cc2)CC1=O. The van der Waals surface area contributed by atoms with Gasteiger partial charge in [0.15, 0.2) is 0 Å². The highest BCUT2D eigenvalue weighted by Gasteiger charge is 2.35. The van der Waals surface area contributed by atoms with E-state index in [2.05, 4.69) is 5.32 Å². The summed E-state index contributed by atoms with van der Waals surface area (Å²) in [5, 5.41) is 2.79. The van der Waals surface area contributed by atoms with Gasteiger partial charge in [-0.1, -0.05) is 0 Å². The Morgan fingerprint density at radius 3 is 2.31 bits per heavy atom. The molecule has 2 heterocycles. The molecule has 3 rings (SSSR count). The summed E-state index contributed by atoms with van der Waals surface area (Å²) in [6.45, 7) is 5.39. The number of nitrogens with zero attached hydrogens (tertiary/aromatic N) is 2. The third kappa shape index (κ3) is 3.76. The van der Waals surface area contributed by atoms with Gasteiger partial charge in [0.1, 0.15) is 0 Å². The number of carbonyl (C=O) groups is 2. The van der Waals surface area contributed by atoms with E-state index in [0.29, 0.717) is 25.3 Å². The normalized spacial score (nSPS) is 21.6. The Labute approximate surface area is 154 Å². The smallest absolute Gasteiger partial charge is 0.243 e. The molecule has 0 unspecified atom stereocenters. The summed E-state index contributed by atoms with van der Waals surface area (Å²) in [7, 11) is -3.45. The Bertz CT molecular complexity index is 783. The van der Waals surface area contributed by atoms with Crippen molar-refractivity contribution >= 4 is 27.5 Å². The van der Waals surface area contributed by atoms with Crippen molar-refractivity contribution in [2.45, 2.75) is 44.0 Å². The number of rotatable bonds is 5. The van der Waals surface area contributed by atoms with E-state index < -0.39 is 10.0 Å². The van der Waals surface area contributed by atoms with Crippen molar-refractivity contribution in [3.05, 3.63) is 24.3 Å². The summed E-state index contributed by atoms with van der Waals surface area (Å²) >= 11 is 0. The van der Waals surface area contributed by atoms with Crippen LogP contribution in [0.1, 0.15) is 33.1 Å². The highest BCUT2D eigenvalue weighted by molar-refractivity contribution is 7.89. The average Bonchev–Trinajstić information content (AvgIpc) is 3.25. The lowest BCUT2D eigenvalue weighted by Gasteiger charge is -2.20. The molecule has 1 aromatic carbocycles. The third-order valence-electron chi connectivity index (χ3n) is 4.98. The van der Waals surface area contributed by atoms with Crippen LogP contribution in [0.5, 0.6) is 0 Å². The van der Waals surface area contributed by atoms with Crippen molar-refractivity contribution in [2.75, 3.05) is 25.0 Å². The van der Waals surface area contributed by atoms with Gasteiger partial charge in [-0.2, -0.15) is 4.31 Å². The van der Waals surface area contributed by atoms with E-state index in [4.69, 9.17) is 0 Å². The number of benzene rings is 1. The molecule has 142 valence electrons. The van der Waals surface area contributed by atoms with Gasteiger partial charge >= 0.3 is 0 Å². The monoisotopic (exact) mass is 379 g/mol. The maximum absolute atomic E-state index is 12.5. The van der Waals surface area contributed by atoms with E-state index >= 15 is 0 Å². The van der Waals surface area contributed by atoms with Crippen molar-refractivity contribution in [2.24, 2.45) is 5.92 Å². The minimum absolute atomic E-state index is 0.00722. The molecular weight excluding hydrogens is 354 g/mol. The molecule has 8 heteroatoms. The standard InChI is InChI=1S/C18H25N3O4S/c1-13(2)21-12-14(11-17(21)22)18(23)19-15-5-7-16(8-6-15)26(24,25)20-9-3-4-10-20/h5-8,13-14H,3-4,9-12H2,1-2H3,(H,19,23)/t14-/m0/s1. The molecule has 0 radical (unpaired) electrons. The zero-order valence-electron chi connectivity index (χ0n) is 15.1. The van der Waals surface area contributed by atoms with Gasteiger partial charge in [0, 0.05) is 37.8 Å². The number of anilines is 1. The first-order chi connectivity index (χ1) is 12.3. The first-order valence-corrected chi connectivity index (χ1v) is 10.4. The number of hydrogen-bond acceptors (Lipinski definition) is 4. The Kier molecular flexibility index (Phi) is 5.34. The molecule has 1 atom stereocenters. The number of nitrogens with one attached hydrogen (secondary N) is 1. The van der Waals surface area contributed by atoms with E-state index in [9.17, 15) is 18.0 Å². The van der Waals surface area contributed by atoms with Gasteiger partial charge in [-0.25, -0.2) is 8.42 Å². The summed E-state index contributed by atoms with van der Waals surface area (Å²) in [6, 6.07) is 6.30. The summed E-state index contributed by atoms with van der Waals surface area (Å²) in [5.74, 6) is -0.596. The van der Waals surface area contributed by atoms with Crippen LogP contribution >= 0.6 is 0 Å². The van der Waals surface area contributed by atoms with Crippen LogP contribution in [-0.2, 0) is 19.6 Å². The highest BCUT2D eigenvalue weighted by atomic mass is 32.2. The van der Waals surface area contributed by atoms with Crippen LogP contribution in [0.2, 0.25) is 0 Å². The summed E-state index contributed by atoms with van der Waals surface area (Å²) in [6.07, 6.45) is 1.99. The third-order valence-corrected chi connectivity index (χ3v) is 6.89. The summed E-state index contributed by atoms with van der Waals surface area (Å²) < 4.78 is 26.5. The number of amides is 2. The van der Waals surface area contributed by atoms with Crippen LogP contribution in [0, 0.1) is 5.92 Å². The first kappa shape index (κ1) is 18.8. The van der Waals surface area contributed by atoms with E-state index in [1.54, 1.807) is 17.0 Å². The predicted octanol–water partition coefficient (Wildman–Crippen LogP) is 1.67. The first-order valence-electron chi connectivity index (χ1n) is 8.99. The van der Waals surface area contributed by atoms with Crippen LogP contribution in [-0.4, -0.2) is 55.1 Å². The van der Waals surface area contributed by atoms with E-state index in [1.165, 1.54) is 16.4 Å². The molecule has 2 saturated heterocycles. The molecule has 2 aliphatic rings. The van der Waals surface area contributed by atoms with Crippen LogP contribution in [0.3, 0.4) is 0 Å². The quantitative estimate of drug-likeness (QED) is 0.843. The lowest BCUT2D eigenvalue weighted by Crippen LogP contribution is -2.33. The molecular formula is C18H25N3O4S. The Balaban J connectivity index is 1.64. The second-order valence-electron chi connectivity index (χ2n) is 7.17. The lowest BCUT2D eigenvalue weighted by molar-refractivity contribution is -0.129. The zero-order valence-corrected chi connectivity index (χ0v) is 16.0. The molecule has 2 fully saturated rings. The Hall–Kier alpha value is -1.93. The maximum atomic E-state index is 12.5. The molecule has 0 aliphatic carbocycles. The van der Waals surface area contributed by atoms with Gasteiger partial charge in [0.2, 0.25) is 21.8 Å². The Morgan fingerprint density at radius 1 is 1.15 bits per heavy atom. The van der Waals surface area contributed by atoms with E-state index in [-0.39, 0.29) is 35.1 Å². The van der Waals surface area contributed by atoms with Crippen molar-refractivity contribution in [1.82, 2.24) is 9.21 Å². The molecule has 2 amide bonds. The van der Waals surface area contributed by atoms with Gasteiger partial charge in [0.05, 0.1) is 10.8 Å². The molecule has 0 bridgehead atoms. The molecule has 1 N–H and O–H groups in total. The molecule has 0 aromatic heterocycles. The fourth-order valence-electron chi connectivity index (χ4n) is 3.44. The predicted molar refractivity (Wildman–Crippen MR) is 98.0 cm³/mol. The van der Waals surface area contributed by atoms with Gasteiger partial charge in [-0.3, -0.25) is 9.59 Å². The van der Waals surface area contributed by atoms with Crippen LogP contribution in [0.15, 0.2) is 29.2 Å².